The fourth-order valence-electron chi connectivity index (χ4n) is 10.3. The Hall–Kier alpha value is -2.01. The van der Waals surface area contributed by atoms with Gasteiger partial charge < -0.3 is 14.6 Å². The fraction of sp³-hybridized carbons (Fsp3) is 0.818. The van der Waals surface area contributed by atoms with Gasteiger partial charge in [-0.05, 0) is 117 Å². The SMILES string of the molecule is CC(CCC(=O)OCCS(=O)(=O)O)[C@H]1CC[C@H]2[C@@H]3CC[C@@H]4C[C@H](OC(=O)C5C=C(F)C(O)=C(F)C5)CC[C@]4(C)[C@H]3CC[C@]12C. The third-order valence-corrected chi connectivity index (χ3v) is 13.3. The van der Waals surface area contributed by atoms with Gasteiger partial charge in [0.15, 0.2) is 11.6 Å². The van der Waals surface area contributed by atoms with Gasteiger partial charge in [0.25, 0.3) is 10.1 Å². The van der Waals surface area contributed by atoms with E-state index in [2.05, 4.69) is 20.8 Å². The van der Waals surface area contributed by atoms with Crippen LogP contribution < -0.4 is 0 Å². The Balaban J connectivity index is 1.15. The summed E-state index contributed by atoms with van der Waals surface area (Å²) in [5.41, 5.74) is 0.381. The third-order valence-electron chi connectivity index (χ3n) is 12.6. The van der Waals surface area contributed by atoms with Crippen LogP contribution in [0.25, 0.3) is 0 Å². The van der Waals surface area contributed by atoms with E-state index in [1.165, 1.54) is 6.42 Å². The average molecular weight is 643 g/mol. The molecule has 4 fully saturated rings. The molecule has 44 heavy (non-hydrogen) atoms. The van der Waals surface area contributed by atoms with Gasteiger partial charge in [0.2, 0.25) is 0 Å². The molecule has 5 aliphatic rings. The number of aliphatic hydroxyl groups is 1. The molecule has 4 saturated carbocycles. The minimum absolute atomic E-state index is 0.167. The molecule has 8 nitrogen and oxygen atoms in total. The predicted molar refractivity (Wildman–Crippen MR) is 159 cm³/mol. The smallest absolute Gasteiger partial charge is 0.313 e. The van der Waals surface area contributed by atoms with Crippen molar-refractivity contribution in [2.75, 3.05) is 12.4 Å². The van der Waals surface area contributed by atoms with Crippen molar-refractivity contribution in [2.45, 2.75) is 104 Å². The van der Waals surface area contributed by atoms with Crippen LogP contribution in [0.2, 0.25) is 0 Å². The van der Waals surface area contributed by atoms with Crippen LogP contribution in [0.15, 0.2) is 23.5 Å². The van der Waals surface area contributed by atoms with E-state index in [0.29, 0.717) is 41.9 Å². The van der Waals surface area contributed by atoms with Crippen molar-refractivity contribution in [3.8, 4) is 0 Å². The number of hydrogen-bond donors (Lipinski definition) is 2. The normalized spacial score (nSPS) is 39.4. The second-order valence-corrected chi connectivity index (χ2v) is 16.4. The van der Waals surface area contributed by atoms with Crippen LogP contribution in [0.5, 0.6) is 0 Å². The highest BCUT2D eigenvalue weighted by molar-refractivity contribution is 7.85. The number of carbonyl (C=O) groups excluding carboxylic acids is 2. The van der Waals surface area contributed by atoms with E-state index in [-0.39, 0.29) is 36.4 Å². The van der Waals surface area contributed by atoms with Gasteiger partial charge in [-0.25, -0.2) is 8.78 Å². The first kappa shape index (κ1) is 33.4. The first-order valence-electron chi connectivity index (χ1n) is 16.4. The molecular weight excluding hydrogens is 594 g/mol. The van der Waals surface area contributed by atoms with Crippen molar-refractivity contribution < 1.29 is 45.9 Å². The molecule has 0 amide bonds. The molecule has 0 aliphatic heterocycles. The van der Waals surface area contributed by atoms with Crippen LogP contribution in [-0.4, -0.2) is 48.5 Å². The minimum Gasteiger partial charge on any atom is -0.503 e. The van der Waals surface area contributed by atoms with Crippen LogP contribution >= 0.6 is 0 Å². The lowest BCUT2D eigenvalue weighted by Gasteiger charge is -2.61. The molecule has 2 unspecified atom stereocenters. The predicted octanol–water partition coefficient (Wildman–Crippen LogP) is 7.02. The highest BCUT2D eigenvalue weighted by atomic mass is 32.2. The van der Waals surface area contributed by atoms with Crippen LogP contribution in [0, 0.1) is 52.3 Å². The van der Waals surface area contributed by atoms with Crippen molar-refractivity contribution in [1.82, 2.24) is 0 Å². The van der Waals surface area contributed by atoms with E-state index in [4.69, 9.17) is 14.0 Å². The standard InChI is InChI=1S/C33H48F2O8S/c1-19(4-9-29(36)42-14-15-44(39,40)41)24-7-8-25-23-6-5-21-18-22(10-12-32(21,2)26(23)11-13-33(24,25)3)43-31(38)20-16-27(34)30(37)28(35)17-20/h16,19-26,37H,4-15,17-18H2,1-3H3,(H,39,40,41)/t19?,20?,21-,22-,23+,24-,25+,26+,32+,33-/m1/s1. The van der Waals surface area contributed by atoms with Gasteiger partial charge >= 0.3 is 11.9 Å². The molecule has 5 aliphatic carbocycles. The molecule has 0 saturated heterocycles. The second kappa shape index (κ2) is 12.6. The van der Waals surface area contributed by atoms with Gasteiger partial charge in [0.1, 0.15) is 24.3 Å². The molecule has 0 spiro atoms. The Bertz CT molecular complexity index is 1300. The van der Waals surface area contributed by atoms with Crippen molar-refractivity contribution in [2.24, 2.45) is 52.3 Å². The number of ether oxygens (including phenoxy) is 2. The summed E-state index contributed by atoms with van der Waals surface area (Å²) >= 11 is 0. The molecule has 0 heterocycles. The number of halogens is 2. The summed E-state index contributed by atoms with van der Waals surface area (Å²) in [7, 11) is -4.15. The molecule has 0 radical (unpaired) electrons. The van der Waals surface area contributed by atoms with E-state index in [1.807, 2.05) is 0 Å². The van der Waals surface area contributed by atoms with E-state index < -0.39 is 51.1 Å². The van der Waals surface area contributed by atoms with Crippen molar-refractivity contribution in [1.29, 1.82) is 0 Å². The van der Waals surface area contributed by atoms with Crippen LogP contribution in [0.1, 0.15) is 97.8 Å². The Labute approximate surface area is 259 Å². The third kappa shape index (κ3) is 6.60. The molecular formula is C33H48F2O8S. The minimum atomic E-state index is -4.15. The monoisotopic (exact) mass is 642 g/mol. The lowest BCUT2D eigenvalue weighted by Crippen LogP contribution is -2.54. The zero-order chi connectivity index (χ0) is 32.0. The number of aliphatic hydroxyl groups excluding tert-OH is 1. The summed E-state index contributed by atoms with van der Waals surface area (Å²) in [6, 6.07) is 0. The first-order chi connectivity index (χ1) is 20.6. The van der Waals surface area contributed by atoms with E-state index in [9.17, 15) is 31.9 Å². The topological polar surface area (TPSA) is 127 Å². The second-order valence-electron chi connectivity index (χ2n) is 14.8. The number of hydrogen-bond acceptors (Lipinski definition) is 7. The number of fused-ring (bicyclic) bond motifs is 5. The molecule has 0 aromatic rings. The lowest BCUT2D eigenvalue weighted by molar-refractivity contribution is -0.165. The Kier molecular flexibility index (Phi) is 9.59. The first-order valence-corrected chi connectivity index (χ1v) is 18.0. The fourth-order valence-corrected chi connectivity index (χ4v) is 10.6. The molecule has 2 N–H and O–H groups in total. The number of esters is 2. The van der Waals surface area contributed by atoms with Crippen LogP contribution in [0.4, 0.5) is 8.78 Å². The zero-order valence-corrected chi connectivity index (χ0v) is 26.9. The molecule has 0 bridgehead atoms. The lowest BCUT2D eigenvalue weighted by atomic mass is 9.44. The summed E-state index contributed by atoms with van der Waals surface area (Å²) in [5.74, 6) is -2.68. The maximum Gasteiger partial charge on any atom is 0.313 e. The average Bonchev–Trinajstić information content (AvgIpc) is 3.31. The summed E-state index contributed by atoms with van der Waals surface area (Å²) in [6.45, 7) is 6.78. The number of allylic oxidation sites excluding steroid dienone is 2. The summed E-state index contributed by atoms with van der Waals surface area (Å²) in [4.78, 5) is 25.0. The largest absolute Gasteiger partial charge is 0.503 e. The van der Waals surface area contributed by atoms with Crippen molar-refractivity contribution in [3.63, 3.8) is 0 Å². The molecule has 5 rings (SSSR count). The quantitative estimate of drug-likeness (QED) is 0.203. The van der Waals surface area contributed by atoms with Gasteiger partial charge in [-0.3, -0.25) is 14.1 Å². The van der Waals surface area contributed by atoms with E-state index in [0.717, 1.165) is 57.4 Å². The summed E-state index contributed by atoms with van der Waals surface area (Å²) in [5, 5.41) is 9.39. The zero-order valence-electron chi connectivity index (χ0n) is 26.1. The number of carbonyl (C=O) groups is 2. The van der Waals surface area contributed by atoms with Gasteiger partial charge in [0, 0.05) is 12.8 Å². The molecule has 0 aromatic heterocycles. The maximum absolute atomic E-state index is 13.9. The molecule has 11 heteroatoms. The van der Waals surface area contributed by atoms with E-state index in [1.54, 1.807) is 0 Å². The van der Waals surface area contributed by atoms with Crippen LogP contribution in [0.3, 0.4) is 0 Å². The van der Waals surface area contributed by atoms with Gasteiger partial charge in [0.05, 0.1) is 5.92 Å². The van der Waals surface area contributed by atoms with Gasteiger partial charge in [-0.1, -0.05) is 20.8 Å². The number of rotatable bonds is 9. The Morgan fingerprint density at radius 3 is 2.45 bits per heavy atom. The van der Waals surface area contributed by atoms with Crippen molar-refractivity contribution >= 4 is 22.1 Å². The maximum atomic E-state index is 13.9. The summed E-state index contributed by atoms with van der Waals surface area (Å²) in [6.07, 6.45) is 10.6. The van der Waals surface area contributed by atoms with Crippen LogP contribution in [-0.2, 0) is 29.2 Å². The van der Waals surface area contributed by atoms with E-state index >= 15 is 0 Å². The molecule has 0 aromatic carbocycles. The van der Waals surface area contributed by atoms with Gasteiger partial charge in [-0.15, -0.1) is 0 Å². The Morgan fingerprint density at radius 2 is 1.75 bits per heavy atom. The molecule has 248 valence electrons. The molecule has 10 atom stereocenters. The van der Waals surface area contributed by atoms with Gasteiger partial charge in [-0.2, -0.15) is 8.42 Å². The Morgan fingerprint density at radius 1 is 1.05 bits per heavy atom. The highest BCUT2D eigenvalue weighted by Crippen LogP contribution is 2.68. The summed E-state index contributed by atoms with van der Waals surface area (Å²) < 4.78 is 69.1. The highest BCUT2D eigenvalue weighted by Gasteiger charge is 2.60. The van der Waals surface area contributed by atoms with Crippen molar-refractivity contribution in [3.05, 3.63) is 23.5 Å².